The lowest BCUT2D eigenvalue weighted by Crippen LogP contribution is -2.00. The lowest BCUT2D eigenvalue weighted by atomic mass is 10.0. The fourth-order valence-corrected chi connectivity index (χ4v) is 15.4. The predicted octanol–water partition coefficient (Wildman–Crippen LogP) is 23.5. The number of furan rings is 4. The highest BCUT2D eigenvalue weighted by atomic mass is 16.4. The van der Waals surface area contributed by atoms with E-state index in [4.69, 9.17) is 47.6 Å². The first-order valence-electron chi connectivity index (χ1n) is 34.0. The molecule has 8 aromatic heterocycles. The molecule has 12 heteroatoms. The van der Waals surface area contributed by atoms with Gasteiger partial charge >= 0.3 is 0 Å². The fraction of sp³-hybridized carbons (Fsp3) is 0. The van der Waals surface area contributed by atoms with Crippen LogP contribution < -0.4 is 0 Å². The molecule has 14 aromatic carbocycles. The second-order valence-corrected chi connectivity index (χ2v) is 26.1. The van der Waals surface area contributed by atoms with Gasteiger partial charge in [-0.15, -0.1) is 0 Å². The van der Waals surface area contributed by atoms with Gasteiger partial charge in [-0.3, -0.25) is 0 Å². The van der Waals surface area contributed by atoms with E-state index in [-0.39, 0.29) is 0 Å². The molecule has 0 saturated carbocycles. The summed E-state index contributed by atoms with van der Waals surface area (Å²) in [7, 11) is 0. The zero-order valence-electron chi connectivity index (χ0n) is 54.1. The van der Waals surface area contributed by atoms with Crippen molar-refractivity contribution in [1.29, 1.82) is 0 Å². The molecule has 0 N–H and O–H groups in total. The second-order valence-electron chi connectivity index (χ2n) is 26.1. The molecule has 0 bridgehead atoms. The minimum Gasteiger partial charge on any atom is -0.456 e. The minimum absolute atomic E-state index is 0.551. The Kier molecular flexibility index (Phi) is 11.9. The van der Waals surface area contributed by atoms with Gasteiger partial charge in [0.1, 0.15) is 33.5 Å². The molecule has 0 unspecified atom stereocenters. The van der Waals surface area contributed by atoms with E-state index >= 15 is 0 Å². The summed E-state index contributed by atoms with van der Waals surface area (Å²) in [4.78, 5) is 30.5. The third-order valence-electron chi connectivity index (χ3n) is 20.2. The summed E-state index contributed by atoms with van der Waals surface area (Å²) in [5.41, 5.74) is 19.8. The Bertz CT molecular complexity index is 7140. The van der Waals surface area contributed by atoms with Crippen LogP contribution in [0.4, 0.5) is 0 Å². The second kappa shape index (κ2) is 21.7. The highest BCUT2D eigenvalue weighted by Gasteiger charge is 2.24. The van der Waals surface area contributed by atoms with Gasteiger partial charge in [0.2, 0.25) is 0 Å². The molecule has 0 aliphatic heterocycles. The third-order valence-corrected chi connectivity index (χ3v) is 20.2. The van der Waals surface area contributed by atoms with Gasteiger partial charge < -0.3 is 26.8 Å². The van der Waals surface area contributed by atoms with E-state index in [1.54, 1.807) is 0 Å². The van der Waals surface area contributed by atoms with Crippen molar-refractivity contribution in [2.24, 2.45) is 0 Å². The summed E-state index contributed by atoms with van der Waals surface area (Å²) in [5, 5.41) is 12.4. The highest BCUT2D eigenvalue weighted by Crippen LogP contribution is 2.45. The van der Waals surface area contributed by atoms with Crippen molar-refractivity contribution in [2.75, 3.05) is 0 Å². The molecule has 474 valence electrons. The van der Waals surface area contributed by atoms with Crippen LogP contribution in [0.3, 0.4) is 0 Å². The van der Waals surface area contributed by atoms with Gasteiger partial charge in [0.25, 0.3) is 0 Å². The first kappa shape index (κ1) is 56.0. The maximum Gasteiger partial charge on any atom is 0.178 e. The smallest absolute Gasteiger partial charge is 0.178 e. The Balaban J connectivity index is 0.595. The number of aromatic nitrogens is 8. The van der Waals surface area contributed by atoms with Gasteiger partial charge in [-0.2, -0.15) is 0 Å². The number of hydrogen-bond acceptors (Lipinski definition) is 10. The molecule has 22 aromatic rings. The van der Waals surface area contributed by atoms with Crippen LogP contribution in [0.15, 0.2) is 321 Å². The van der Waals surface area contributed by atoms with Gasteiger partial charge in [-0.1, -0.05) is 176 Å². The molecular formula is C90H50N8O4. The lowest BCUT2D eigenvalue weighted by molar-refractivity contribution is 0.633. The Morgan fingerprint density at radius 2 is 0.529 bits per heavy atom. The average Bonchev–Trinajstić information content (AvgIpc) is 1.58. The summed E-state index contributed by atoms with van der Waals surface area (Å²) in [6, 6.07) is 105. The molecule has 0 amide bonds. The van der Waals surface area contributed by atoms with Crippen molar-refractivity contribution in [1.82, 2.24) is 39.0 Å². The number of nitrogens with zero attached hydrogens (tertiary/aromatic N) is 8. The zero-order chi connectivity index (χ0) is 66.7. The number of para-hydroxylation sites is 3. The van der Waals surface area contributed by atoms with Gasteiger partial charge in [-0.05, 0) is 126 Å². The van der Waals surface area contributed by atoms with E-state index in [9.17, 15) is 0 Å². The first-order chi connectivity index (χ1) is 50.5. The molecule has 12 nitrogen and oxygen atoms in total. The molecule has 8 heterocycles. The third kappa shape index (κ3) is 8.63. The van der Waals surface area contributed by atoms with E-state index in [0.29, 0.717) is 46.1 Å². The molecule has 102 heavy (non-hydrogen) atoms. The average molecular weight is 1310 g/mol. The fourth-order valence-electron chi connectivity index (χ4n) is 15.4. The van der Waals surface area contributed by atoms with Crippen LogP contribution in [0, 0.1) is 0 Å². The van der Waals surface area contributed by atoms with E-state index in [1.165, 1.54) is 10.8 Å². The van der Waals surface area contributed by atoms with Crippen molar-refractivity contribution in [3.8, 4) is 90.8 Å². The number of fused-ring (bicyclic) bond motifs is 20. The molecule has 0 aliphatic rings. The van der Waals surface area contributed by atoms with Crippen LogP contribution in [-0.4, -0.2) is 39.0 Å². The van der Waals surface area contributed by atoms with Crippen LogP contribution in [0.2, 0.25) is 0 Å². The Hall–Kier alpha value is -14.1. The molecule has 0 radical (unpaired) electrons. The van der Waals surface area contributed by atoms with Crippen molar-refractivity contribution in [2.45, 2.75) is 0 Å². The summed E-state index contributed by atoms with van der Waals surface area (Å²) >= 11 is 0. The quantitative estimate of drug-likeness (QED) is 0.137. The molecule has 0 atom stereocenters. The highest BCUT2D eigenvalue weighted by molar-refractivity contribution is 6.23. The SMILES string of the molecule is c1ccc(-c2nc(-c3ccc(-c4ccc5c(c4)c4ccccc4n5-c4ccc5c(c4)oc4c5ccc5oc6ccc(-c7nc(-c8ccccc8)nc(-c8ccccc8)n7)cc6c54)cc3)nc(-c3ccc4oc5c(ccc6c7ccc(-n8c9ccccc9c9ccccc98)cc7oc65)c4c3)n2)cc1. The van der Waals surface area contributed by atoms with Crippen LogP contribution in [0.5, 0.6) is 0 Å². The standard InChI is InChI=1S/C90H50N8O4/c1-4-16-52(17-5-1)85-91-86(53-18-6-2-7-19-53)95-90(94-85)58-34-44-77-71(48-58)81-78(99-77)45-41-66-64-37-35-60(49-79(64)101-82(66)81)98-74-27-15-12-24-63(74)69-46-56(32-42-75(69)98)51-28-30-55(31-29-51)88-92-87(54-20-8-3-9-21-54)93-89(96-88)57-33-43-76-70(47-57)68-40-39-67-65-38-36-59(50-80(65)102-83(67)84(68)100-76)97-72-25-13-10-22-61(72)62-23-11-14-26-73(62)97/h1-50H. The predicted molar refractivity (Wildman–Crippen MR) is 409 cm³/mol. The number of benzene rings is 14. The van der Waals surface area contributed by atoms with E-state index < -0.39 is 0 Å². The Labute approximate surface area is 578 Å². The summed E-state index contributed by atoms with van der Waals surface area (Å²) in [5.74, 6) is 3.46. The van der Waals surface area contributed by atoms with E-state index in [2.05, 4.69) is 191 Å². The maximum absolute atomic E-state index is 7.01. The van der Waals surface area contributed by atoms with Crippen molar-refractivity contribution >= 4 is 131 Å². The van der Waals surface area contributed by atoms with Crippen molar-refractivity contribution in [3.05, 3.63) is 303 Å². The van der Waals surface area contributed by atoms with Crippen LogP contribution >= 0.6 is 0 Å². The maximum atomic E-state index is 7.01. The van der Waals surface area contributed by atoms with Crippen molar-refractivity contribution < 1.29 is 17.7 Å². The summed E-state index contributed by atoms with van der Waals surface area (Å²) < 4.78 is 31.7. The summed E-state index contributed by atoms with van der Waals surface area (Å²) in [6.45, 7) is 0. The van der Waals surface area contributed by atoms with Gasteiger partial charge in [0.15, 0.2) is 46.1 Å². The normalized spacial score (nSPS) is 12.1. The molecule has 0 spiro atoms. The first-order valence-corrected chi connectivity index (χ1v) is 34.0. The zero-order valence-corrected chi connectivity index (χ0v) is 54.1. The summed E-state index contributed by atoms with van der Waals surface area (Å²) in [6.07, 6.45) is 0. The van der Waals surface area contributed by atoms with Crippen LogP contribution in [0.1, 0.15) is 0 Å². The monoisotopic (exact) mass is 1310 g/mol. The van der Waals surface area contributed by atoms with Gasteiger partial charge in [0, 0.05) is 116 Å². The molecule has 0 fully saturated rings. The van der Waals surface area contributed by atoms with Gasteiger partial charge in [-0.25, -0.2) is 29.9 Å². The number of rotatable bonds is 9. The molecular weight excluding hydrogens is 1260 g/mol. The molecule has 22 rings (SSSR count). The minimum atomic E-state index is 0.551. The Morgan fingerprint density at radius 1 is 0.186 bits per heavy atom. The Morgan fingerprint density at radius 3 is 1.06 bits per heavy atom. The molecule has 0 saturated heterocycles. The largest absolute Gasteiger partial charge is 0.456 e. The van der Waals surface area contributed by atoms with Crippen molar-refractivity contribution in [3.63, 3.8) is 0 Å². The van der Waals surface area contributed by atoms with E-state index in [0.717, 1.165) is 165 Å². The number of hydrogen-bond donors (Lipinski definition) is 0. The topological polar surface area (TPSA) is 140 Å². The van der Waals surface area contributed by atoms with Crippen LogP contribution in [0.25, 0.3) is 222 Å². The van der Waals surface area contributed by atoms with Crippen LogP contribution in [-0.2, 0) is 0 Å². The lowest BCUT2D eigenvalue weighted by Gasteiger charge is -2.10. The van der Waals surface area contributed by atoms with E-state index in [1.807, 2.05) is 121 Å². The van der Waals surface area contributed by atoms with Gasteiger partial charge in [0.05, 0.1) is 27.5 Å². The molecule has 0 aliphatic carbocycles.